The lowest BCUT2D eigenvalue weighted by atomic mass is 9.90. The van der Waals surface area contributed by atoms with Crippen LogP contribution >= 0.6 is 0 Å². The van der Waals surface area contributed by atoms with Gasteiger partial charge in [-0.25, -0.2) is 9.59 Å². The second kappa shape index (κ2) is 41.3. The molecule has 1 aromatic carbocycles. The number of urea groups is 2. The summed E-state index contributed by atoms with van der Waals surface area (Å²) in [5, 5.41) is 5.82. The van der Waals surface area contributed by atoms with Crippen LogP contribution in [0, 0.1) is 17.8 Å². The molecule has 103 heavy (non-hydrogen) atoms. The summed E-state index contributed by atoms with van der Waals surface area (Å²) in [4.78, 5) is 198. The van der Waals surface area contributed by atoms with Crippen LogP contribution in [0.5, 0.6) is 0 Å². The number of primary amides is 1. The molecule has 0 unspecified atom stereocenters. The van der Waals surface area contributed by atoms with Gasteiger partial charge in [0.1, 0.15) is 48.4 Å². The van der Waals surface area contributed by atoms with Crippen molar-refractivity contribution in [3.63, 3.8) is 0 Å². The number of unbranched alkanes of at least 4 members (excludes halogenated alkanes) is 1. The molecule has 4 N–H and O–H groups in total. The predicted molar refractivity (Wildman–Crippen MR) is 378 cm³/mol. The van der Waals surface area contributed by atoms with Crippen LogP contribution in [-0.4, -0.2) is 257 Å². The Morgan fingerprint density at radius 2 is 1.32 bits per heavy atom. The number of esters is 1. The third-order valence-corrected chi connectivity index (χ3v) is 20.0. The third-order valence-electron chi connectivity index (χ3n) is 20.0. The maximum absolute atomic E-state index is 15.6. The second-order valence-corrected chi connectivity index (χ2v) is 28.1. The topological polar surface area (TPSA) is 320 Å². The van der Waals surface area contributed by atoms with Gasteiger partial charge in [0.2, 0.25) is 53.2 Å². The van der Waals surface area contributed by atoms with E-state index < -0.39 is 155 Å². The molecule has 1 heterocycles. The van der Waals surface area contributed by atoms with E-state index in [2.05, 4.69) is 17.2 Å². The first kappa shape index (κ1) is 87.2. The van der Waals surface area contributed by atoms with Gasteiger partial charge in [-0.3, -0.25) is 62.5 Å². The van der Waals surface area contributed by atoms with E-state index in [0.29, 0.717) is 44.9 Å². The number of nitrogens with zero attached hydrogens (tertiary/aromatic N) is 9. The van der Waals surface area contributed by atoms with Crippen LogP contribution < -0.4 is 16.4 Å². The van der Waals surface area contributed by atoms with E-state index >= 15 is 28.8 Å². The number of halogens is 3. The Morgan fingerprint density at radius 1 is 0.709 bits per heavy atom. The number of hydrogen-bond donors (Lipinski definition) is 3. The molecule has 0 spiro atoms. The largest absolute Gasteiger partial charge is 0.461 e. The summed E-state index contributed by atoms with van der Waals surface area (Å²) >= 11 is 0. The predicted octanol–water partition coefficient (Wildman–Crippen LogP) is 6.53. The molecule has 4 rings (SSSR count). The van der Waals surface area contributed by atoms with E-state index in [0.717, 1.165) is 49.5 Å². The molecule has 7 atom stereocenters. The zero-order chi connectivity index (χ0) is 77.2. The Labute approximate surface area is 605 Å². The standard InChI is InChI=1S/C73H115F3N12O15/c1-15-20-38-87(58(90)28-25-29-60(92)103-41-18-4)70(100)79-72(34-23-24-35-72)69(99)84(14)62(52-26-21-22-27-52)68(98)83(13)55(66(96)85-39-42-102-43-40-85)46-59(91)82(12)54(44-48(6)7)63(93)78-61(49(8)19-5)67(97)81(11)50(9)64(94)88(37-17-3)71(101)86(36-16-2)56(65(95)80(10)47-57(77)89)45-51-30-32-53(33-31-51)73(74,75)76/h18,30-33,48-50,52,54-56,61-62H,4,15-17,19-29,34-47H2,1-3,5-14H3,(H2,77,89)(H,78,93)(H,79,100)/t49-,50-,54-,55-,56-,61-,62-/m0/s1. The molecule has 14 amide bonds. The molecule has 3 fully saturated rings. The molecule has 2 aliphatic carbocycles. The molecule has 1 saturated heterocycles. The third kappa shape index (κ3) is 24.2. The van der Waals surface area contributed by atoms with E-state index in [1.165, 1.54) is 80.0 Å². The van der Waals surface area contributed by atoms with Crippen LogP contribution in [0.15, 0.2) is 36.9 Å². The molecule has 27 nitrogen and oxygen atoms in total. The number of hydrogen-bond acceptors (Lipinski definition) is 15. The molecule has 2 saturated carbocycles. The Balaban J connectivity index is 1.67. The van der Waals surface area contributed by atoms with Crippen LogP contribution in [-0.2, 0) is 74.8 Å². The fraction of sp³-hybridized carbons (Fsp3) is 0.712. The van der Waals surface area contributed by atoms with E-state index in [1.54, 1.807) is 27.7 Å². The summed E-state index contributed by atoms with van der Waals surface area (Å²) in [5.41, 5.74) is 3.19. The Bertz CT molecular complexity index is 3080. The van der Waals surface area contributed by atoms with Gasteiger partial charge in [0.15, 0.2) is 0 Å². The van der Waals surface area contributed by atoms with Gasteiger partial charge in [-0.05, 0) is 100 Å². The molecule has 30 heteroatoms. The first-order valence-corrected chi connectivity index (χ1v) is 36.5. The maximum Gasteiger partial charge on any atom is 0.416 e. The van der Waals surface area contributed by atoms with E-state index in [9.17, 15) is 46.7 Å². The van der Waals surface area contributed by atoms with Gasteiger partial charge in [0.25, 0.3) is 5.91 Å². The zero-order valence-corrected chi connectivity index (χ0v) is 62.9. The highest BCUT2D eigenvalue weighted by molar-refractivity contribution is 6.03. The maximum atomic E-state index is 15.6. The highest BCUT2D eigenvalue weighted by Crippen LogP contribution is 2.37. The van der Waals surface area contributed by atoms with Crippen LogP contribution in [0.2, 0.25) is 0 Å². The van der Waals surface area contributed by atoms with Crippen molar-refractivity contribution in [1.82, 2.24) is 54.7 Å². The molecule has 1 aromatic rings. The van der Waals surface area contributed by atoms with E-state index in [1.807, 2.05) is 20.8 Å². The minimum atomic E-state index is -4.67. The average Bonchev–Trinajstić information content (AvgIpc) is 1.75. The minimum Gasteiger partial charge on any atom is -0.461 e. The number of likely N-dealkylation sites (N-methyl/N-ethyl adjacent to an activating group) is 5. The average molecular weight is 1460 g/mol. The van der Waals surface area contributed by atoms with Gasteiger partial charge < -0.3 is 60.1 Å². The first-order valence-electron chi connectivity index (χ1n) is 36.5. The number of amides is 14. The van der Waals surface area contributed by atoms with Crippen LogP contribution in [0.1, 0.15) is 182 Å². The molecule has 1 aliphatic heterocycles. The van der Waals surface area contributed by atoms with Gasteiger partial charge in [-0.1, -0.05) is 112 Å². The van der Waals surface area contributed by atoms with Crippen molar-refractivity contribution in [3.8, 4) is 0 Å². The Kier molecular flexibility index (Phi) is 35.0. The van der Waals surface area contributed by atoms with Crippen molar-refractivity contribution < 1.29 is 85.0 Å². The summed E-state index contributed by atoms with van der Waals surface area (Å²) < 4.78 is 51.5. The van der Waals surface area contributed by atoms with E-state index in [-0.39, 0.29) is 122 Å². The highest BCUT2D eigenvalue weighted by Gasteiger charge is 2.51. The molecule has 0 radical (unpaired) electrons. The molecule has 0 aromatic heterocycles. The Morgan fingerprint density at radius 3 is 1.86 bits per heavy atom. The molecular formula is C73H115F3N12O15. The van der Waals surface area contributed by atoms with E-state index in [4.69, 9.17) is 15.2 Å². The van der Waals surface area contributed by atoms with Crippen molar-refractivity contribution in [2.24, 2.45) is 23.5 Å². The molecule has 0 bridgehead atoms. The lowest BCUT2D eigenvalue weighted by Gasteiger charge is -2.42. The SMILES string of the molecule is C=CCOC(=O)CCCC(=O)N(CCCC)C(=O)NC1(C(=O)N(C)[C@H](C(=O)N(C)[C@@H](CC(=O)N(C)[C@@H](CC(C)C)C(=O)N[C@H](C(=O)N(C)[C@@H](C)C(=O)N(CCC)C(=O)N(CCC)[C@@H](Cc2ccc(C(F)(F)F)cc2)C(=O)N(C)CC(N)=O)[C@@H](C)CC)C(=O)N2CCOCC2)C2CCCC2)CCCC1. The number of imide groups is 2. The van der Waals surface area contributed by atoms with Gasteiger partial charge in [0, 0.05) is 87.2 Å². The van der Waals surface area contributed by atoms with Crippen LogP contribution in [0.25, 0.3) is 0 Å². The van der Waals surface area contributed by atoms with Crippen molar-refractivity contribution in [3.05, 3.63) is 48.0 Å². The lowest BCUT2D eigenvalue weighted by molar-refractivity contribution is -0.157. The number of alkyl halides is 3. The van der Waals surface area contributed by atoms with Crippen molar-refractivity contribution in [2.75, 3.05) is 94.3 Å². The summed E-state index contributed by atoms with van der Waals surface area (Å²) in [5.74, 6) is -8.87. The first-order chi connectivity index (χ1) is 48.6. The number of carbonyl (C=O) groups excluding carboxylic acids is 13. The normalized spacial score (nSPS) is 16.5. The number of ether oxygens (including phenoxy) is 2. The van der Waals surface area contributed by atoms with Crippen molar-refractivity contribution in [1.29, 1.82) is 0 Å². The molecule has 578 valence electrons. The minimum absolute atomic E-state index is 0.0141. The number of benzene rings is 1. The monoisotopic (exact) mass is 1460 g/mol. The van der Waals surface area contributed by atoms with Gasteiger partial charge in [-0.2, -0.15) is 13.2 Å². The number of carbonyl (C=O) groups is 13. The number of rotatable bonds is 38. The second-order valence-electron chi connectivity index (χ2n) is 28.1. The van der Waals surface area contributed by atoms with Crippen molar-refractivity contribution >= 4 is 77.1 Å². The summed E-state index contributed by atoms with van der Waals surface area (Å²) in [6.45, 7) is 17.1. The lowest BCUT2D eigenvalue weighted by Crippen LogP contribution is -2.65. The quantitative estimate of drug-likeness (QED) is 0.0468. The Hall–Kier alpha value is -8.18. The van der Waals surface area contributed by atoms with Crippen LogP contribution in [0.3, 0.4) is 0 Å². The van der Waals surface area contributed by atoms with Crippen LogP contribution in [0.4, 0.5) is 22.8 Å². The van der Waals surface area contributed by atoms with Gasteiger partial charge >= 0.3 is 24.2 Å². The number of nitrogens with two attached hydrogens (primary N) is 1. The van der Waals surface area contributed by atoms with Gasteiger partial charge in [-0.15, -0.1) is 0 Å². The highest BCUT2D eigenvalue weighted by atomic mass is 19.4. The molecule has 3 aliphatic rings. The zero-order valence-electron chi connectivity index (χ0n) is 62.9. The summed E-state index contributed by atoms with van der Waals surface area (Å²) in [6, 6.07) is -5.89. The fourth-order valence-corrected chi connectivity index (χ4v) is 13.6. The number of morpholine rings is 1. The molecular weight excluding hydrogens is 1340 g/mol. The fourth-order valence-electron chi connectivity index (χ4n) is 13.6. The summed E-state index contributed by atoms with van der Waals surface area (Å²) in [7, 11) is 6.89. The summed E-state index contributed by atoms with van der Waals surface area (Å²) in [6.07, 6.45) is 1.70. The number of nitrogens with one attached hydrogen (secondary N) is 2. The van der Waals surface area contributed by atoms with Gasteiger partial charge in [0.05, 0.1) is 31.7 Å². The van der Waals surface area contributed by atoms with Crippen molar-refractivity contribution in [2.45, 2.75) is 225 Å². The smallest absolute Gasteiger partial charge is 0.416 e.